The van der Waals surface area contributed by atoms with Gasteiger partial charge in [-0.1, -0.05) is 12.1 Å². The number of aliphatic hydroxyl groups is 1. The predicted octanol–water partition coefficient (Wildman–Crippen LogP) is 1.99. The fraction of sp³-hybridized carbons (Fsp3) is 0.538. The summed E-state index contributed by atoms with van der Waals surface area (Å²) in [4.78, 5) is 2.44. The van der Waals surface area contributed by atoms with E-state index in [2.05, 4.69) is 36.9 Å². The van der Waals surface area contributed by atoms with Crippen molar-refractivity contribution in [1.82, 2.24) is 0 Å². The van der Waals surface area contributed by atoms with E-state index in [1.54, 1.807) is 0 Å². The van der Waals surface area contributed by atoms with Gasteiger partial charge in [-0.2, -0.15) is 0 Å². The highest BCUT2D eigenvalue weighted by Crippen LogP contribution is 2.32. The molecule has 1 aromatic rings. The molecule has 0 amide bonds. The first-order valence-corrected chi connectivity index (χ1v) is 5.72. The summed E-state index contributed by atoms with van der Waals surface area (Å²) < 4.78 is 0. The molecule has 1 aromatic carbocycles. The molecule has 0 bridgehead atoms. The lowest BCUT2D eigenvalue weighted by Gasteiger charge is -2.24. The fourth-order valence-corrected chi connectivity index (χ4v) is 2.42. The summed E-state index contributed by atoms with van der Waals surface area (Å²) >= 11 is 0. The third-order valence-corrected chi connectivity index (χ3v) is 3.16. The molecule has 82 valence electrons. The summed E-state index contributed by atoms with van der Waals surface area (Å²) in [6.07, 6.45) is 1.92. The van der Waals surface area contributed by atoms with Crippen LogP contribution in [0.5, 0.6) is 0 Å². The Bertz CT molecular complexity index is 346. The second-order valence-electron chi connectivity index (χ2n) is 4.43. The number of hydrogen-bond donors (Lipinski definition) is 1. The van der Waals surface area contributed by atoms with Gasteiger partial charge >= 0.3 is 0 Å². The van der Waals surface area contributed by atoms with Gasteiger partial charge in [-0.25, -0.2) is 0 Å². The second kappa shape index (κ2) is 4.23. The molecule has 0 saturated carbocycles. The van der Waals surface area contributed by atoms with E-state index in [-0.39, 0.29) is 6.61 Å². The number of benzene rings is 1. The number of hydrogen-bond acceptors (Lipinski definition) is 2. The van der Waals surface area contributed by atoms with Crippen LogP contribution in [0.1, 0.15) is 25.0 Å². The summed E-state index contributed by atoms with van der Waals surface area (Å²) in [6.45, 7) is 5.83. The van der Waals surface area contributed by atoms with Crippen molar-refractivity contribution in [2.75, 3.05) is 18.1 Å². The van der Waals surface area contributed by atoms with Gasteiger partial charge in [0.25, 0.3) is 0 Å². The van der Waals surface area contributed by atoms with E-state index in [4.69, 9.17) is 5.11 Å². The molecule has 0 aliphatic carbocycles. The van der Waals surface area contributed by atoms with Crippen LogP contribution in [0.3, 0.4) is 0 Å². The minimum atomic E-state index is 0.248. The Labute approximate surface area is 91.5 Å². The lowest BCUT2D eigenvalue weighted by atomic mass is 10.0. The topological polar surface area (TPSA) is 23.5 Å². The van der Waals surface area contributed by atoms with Gasteiger partial charge in [0.05, 0.1) is 0 Å². The molecule has 1 heterocycles. The van der Waals surface area contributed by atoms with Crippen molar-refractivity contribution < 1.29 is 5.11 Å². The molecule has 1 N–H and O–H groups in total. The predicted molar refractivity (Wildman–Crippen MR) is 63.4 cm³/mol. The van der Waals surface area contributed by atoms with Gasteiger partial charge in [0.15, 0.2) is 0 Å². The molecule has 2 rings (SSSR count). The van der Waals surface area contributed by atoms with E-state index in [0.29, 0.717) is 6.04 Å². The van der Waals surface area contributed by atoms with E-state index in [9.17, 15) is 0 Å². The van der Waals surface area contributed by atoms with Crippen molar-refractivity contribution in [1.29, 1.82) is 0 Å². The SMILES string of the molecule is CC(C)N1CCc2c(CCO)cccc21. The van der Waals surface area contributed by atoms with Crippen LogP contribution in [0, 0.1) is 0 Å². The largest absolute Gasteiger partial charge is 0.396 e. The Morgan fingerprint density at radius 1 is 1.40 bits per heavy atom. The fourth-order valence-electron chi connectivity index (χ4n) is 2.42. The molecule has 0 unspecified atom stereocenters. The minimum absolute atomic E-state index is 0.248. The molecular weight excluding hydrogens is 186 g/mol. The summed E-state index contributed by atoms with van der Waals surface area (Å²) in [5, 5.41) is 9.01. The highest BCUT2D eigenvalue weighted by Gasteiger charge is 2.22. The van der Waals surface area contributed by atoms with Crippen molar-refractivity contribution in [2.45, 2.75) is 32.7 Å². The summed E-state index contributed by atoms with van der Waals surface area (Å²) in [5.74, 6) is 0. The van der Waals surface area contributed by atoms with Gasteiger partial charge in [-0.15, -0.1) is 0 Å². The van der Waals surface area contributed by atoms with Gasteiger partial charge in [0, 0.05) is 24.9 Å². The molecule has 0 spiro atoms. The molecule has 0 atom stereocenters. The van der Waals surface area contributed by atoms with Gasteiger partial charge in [-0.3, -0.25) is 0 Å². The Hall–Kier alpha value is -1.02. The lowest BCUT2D eigenvalue weighted by Crippen LogP contribution is -2.28. The van der Waals surface area contributed by atoms with Crippen LogP contribution in [0.15, 0.2) is 18.2 Å². The zero-order valence-corrected chi connectivity index (χ0v) is 9.53. The Morgan fingerprint density at radius 2 is 2.20 bits per heavy atom. The van der Waals surface area contributed by atoms with E-state index >= 15 is 0 Å². The minimum Gasteiger partial charge on any atom is -0.396 e. The normalized spacial score (nSPS) is 14.8. The van der Waals surface area contributed by atoms with Crippen LogP contribution >= 0.6 is 0 Å². The zero-order chi connectivity index (χ0) is 10.8. The molecule has 0 aromatic heterocycles. The van der Waals surface area contributed by atoms with E-state index in [1.165, 1.54) is 16.8 Å². The smallest absolute Gasteiger partial charge is 0.0471 e. The number of fused-ring (bicyclic) bond motifs is 1. The van der Waals surface area contributed by atoms with E-state index in [0.717, 1.165) is 19.4 Å². The van der Waals surface area contributed by atoms with Gasteiger partial charge in [0.1, 0.15) is 0 Å². The zero-order valence-electron chi connectivity index (χ0n) is 9.53. The van der Waals surface area contributed by atoms with Crippen LogP contribution in [-0.2, 0) is 12.8 Å². The maximum atomic E-state index is 9.01. The number of rotatable bonds is 3. The maximum absolute atomic E-state index is 9.01. The van der Waals surface area contributed by atoms with Crippen LogP contribution in [-0.4, -0.2) is 24.3 Å². The summed E-state index contributed by atoms with van der Waals surface area (Å²) in [6, 6.07) is 7.00. The van der Waals surface area contributed by atoms with Crippen molar-refractivity contribution in [3.05, 3.63) is 29.3 Å². The molecule has 0 radical (unpaired) electrons. The lowest BCUT2D eigenvalue weighted by molar-refractivity contribution is 0.299. The van der Waals surface area contributed by atoms with E-state index < -0.39 is 0 Å². The standard InChI is InChI=1S/C13H19NO/c1-10(2)14-8-6-12-11(7-9-15)4-3-5-13(12)14/h3-5,10,15H,6-9H2,1-2H3. The van der Waals surface area contributed by atoms with Crippen LogP contribution < -0.4 is 4.90 Å². The van der Waals surface area contributed by atoms with Crippen molar-refractivity contribution in [3.63, 3.8) is 0 Å². The first-order chi connectivity index (χ1) is 7.24. The third kappa shape index (κ3) is 1.86. The van der Waals surface area contributed by atoms with Crippen LogP contribution in [0.25, 0.3) is 0 Å². The van der Waals surface area contributed by atoms with Gasteiger partial charge in [0.2, 0.25) is 0 Å². The van der Waals surface area contributed by atoms with Crippen molar-refractivity contribution in [3.8, 4) is 0 Å². The summed E-state index contributed by atoms with van der Waals surface area (Å²) in [5.41, 5.74) is 4.13. The monoisotopic (exact) mass is 205 g/mol. The number of anilines is 1. The molecule has 1 aliphatic heterocycles. The quantitative estimate of drug-likeness (QED) is 0.815. The molecule has 15 heavy (non-hydrogen) atoms. The first-order valence-electron chi connectivity index (χ1n) is 5.72. The number of nitrogens with zero attached hydrogens (tertiary/aromatic N) is 1. The van der Waals surface area contributed by atoms with Crippen molar-refractivity contribution in [2.24, 2.45) is 0 Å². The average molecular weight is 205 g/mol. The third-order valence-electron chi connectivity index (χ3n) is 3.16. The first kappa shape index (κ1) is 10.5. The van der Waals surface area contributed by atoms with E-state index in [1.807, 2.05) is 0 Å². The number of aliphatic hydroxyl groups excluding tert-OH is 1. The highest BCUT2D eigenvalue weighted by atomic mass is 16.2. The molecule has 2 nitrogen and oxygen atoms in total. The molecule has 0 saturated heterocycles. The molecule has 1 aliphatic rings. The summed E-state index contributed by atoms with van der Waals surface area (Å²) in [7, 11) is 0. The second-order valence-corrected chi connectivity index (χ2v) is 4.43. The van der Waals surface area contributed by atoms with Gasteiger partial charge in [-0.05, 0) is 43.9 Å². The Morgan fingerprint density at radius 3 is 2.87 bits per heavy atom. The van der Waals surface area contributed by atoms with Gasteiger partial charge < -0.3 is 10.0 Å². The molecule has 2 heteroatoms. The Balaban J connectivity index is 2.34. The highest BCUT2D eigenvalue weighted by molar-refractivity contribution is 5.61. The average Bonchev–Trinajstić information content (AvgIpc) is 2.62. The maximum Gasteiger partial charge on any atom is 0.0471 e. The molecular formula is C13H19NO. The van der Waals surface area contributed by atoms with Crippen molar-refractivity contribution >= 4 is 5.69 Å². The Kier molecular flexibility index (Phi) is 2.96. The molecule has 0 fully saturated rings. The van der Waals surface area contributed by atoms with Crippen LogP contribution in [0.4, 0.5) is 5.69 Å². The van der Waals surface area contributed by atoms with Crippen LogP contribution in [0.2, 0.25) is 0 Å².